The van der Waals surface area contributed by atoms with Crippen LogP contribution >= 0.6 is 0 Å². The summed E-state index contributed by atoms with van der Waals surface area (Å²) in [4.78, 5) is 31.8. The van der Waals surface area contributed by atoms with E-state index in [-0.39, 0.29) is 0 Å². The maximum Gasteiger partial charge on any atom is 0.331 e. The van der Waals surface area contributed by atoms with Gasteiger partial charge >= 0.3 is 11.9 Å². The van der Waals surface area contributed by atoms with Crippen molar-refractivity contribution in [2.24, 2.45) is 10.3 Å². The molecule has 0 amide bonds. The molecular formula is C21H19N3O4. The smallest absolute Gasteiger partial charge is 0.331 e. The average molecular weight is 377 g/mol. The van der Waals surface area contributed by atoms with Crippen LogP contribution in [0.2, 0.25) is 0 Å². The van der Waals surface area contributed by atoms with Crippen molar-refractivity contribution in [3.8, 4) is 0 Å². The molecule has 0 unspecified atom stereocenters. The summed E-state index contributed by atoms with van der Waals surface area (Å²) in [5.74, 6) is -0.884. The van der Waals surface area contributed by atoms with E-state index in [1.54, 1.807) is 6.92 Å². The third-order valence-electron chi connectivity index (χ3n) is 4.78. The molecule has 142 valence electrons. The molecule has 0 aliphatic carbocycles. The Bertz CT molecular complexity index is 1190. The monoisotopic (exact) mass is 377 g/mol. The van der Waals surface area contributed by atoms with Crippen LogP contribution in [0.4, 0.5) is 0 Å². The van der Waals surface area contributed by atoms with Crippen LogP contribution in [0.5, 0.6) is 0 Å². The number of carbonyl (C=O) groups excluding carboxylic acids is 2. The second-order valence-electron chi connectivity index (χ2n) is 6.72. The number of hydrogen-bond acceptors (Lipinski definition) is 6. The van der Waals surface area contributed by atoms with Gasteiger partial charge in [0.05, 0.1) is 16.9 Å². The Balaban J connectivity index is 1.88. The fourth-order valence-corrected chi connectivity index (χ4v) is 3.60. The lowest BCUT2D eigenvalue weighted by Crippen LogP contribution is -2.15. The number of fused-ring (bicyclic) bond motifs is 3. The number of aromatic nitrogens is 1. The van der Waals surface area contributed by atoms with E-state index < -0.39 is 11.9 Å². The van der Waals surface area contributed by atoms with Crippen LogP contribution in [0.25, 0.3) is 21.8 Å². The zero-order chi connectivity index (χ0) is 19.8. The third kappa shape index (κ3) is 3.05. The number of aryl methyl sites for hydroxylation is 1. The molecule has 3 aromatic rings. The van der Waals surface area contributed by atoms with Gasteiger partial charge in [-0.3, -0.25) is 0 Å². The second-order valence-corrected chi connectivity index (χ2v) is 6.72. The predicted molar refractivity (Wildman–Crippen MR) is 106 cm³/mol. The third-order valence-corrected chi connectivity index (χ3v) is 4.78. The molecule has 0 saturated heterocycles. The summed E-state index contributed by atoms with van der Waals surface area (Å²) in [7, 11) is 0. The van der Waals surface area contributed by atoms with Gasteiger partial charge in [-0.15, -0.1) is 0 Å². The Kier molecular flexibility index (Phi) is 4.43. The number of para-hydroxylation sites is 1. The Hall–Kier alpha value is -3.48. The quantitative estimate of drug-likeness (QED) is 0.395. The van der Waals surface area contributed by atoms with Crippen LogP contribution in [0.1, 0.15) is 38.3 Å². The van der Waals surface area contributed by atoms with Crippen molar-refractivity contribution in [2.75, 3.05) is 0 Å². The van der Waals surface area contributed by atoms with E-state index in [1.165, 1.54) is 13.8 Å². The largest absolute Gasteiger partial charge is 0.340 e. The SMILES string of the molecule is CC(=O)O/N=C(\C)c1ccc2c(c1)c1cccc3c1n2CC/C3=N\OC(C)=O. The van der Waals surface area contributed by atoms with E-state index in [1.807, 2.05) is 18.2 Å². The maximum atomic E-state index is 11.1. The van der Waals surface area contributed by atoms with Crippen LogP contribution in [-0.2, 0) is 25.8 Å². The van der Waals surface area contributed by atoms with Gasteiger partial charge in [-0.25, -0.2) is 9.59 Å². The molecule has 1 aliphatic rings. The molecular weight excluding hydrogens is 358 g/mol. The summed E-state index contributed by atoms with van der Waals surface area (Å²) < 4.78 is 2.26. The molecule has 0 radical (unpaired) electrons. The molecule has 0 saturated carbocycles. The van der Waals surface area contributed by atoms with Crippen molar-refractivity contribution >= 4 is 45.2 Å². The van der Waals surface area contributed by atoms with Gasteiger partial charge in [0, 0.05) is 48.7 Å². The molecule has 7 heteroatoms. The Morgan fingerprint density at radius 2 is 1.79 bits per heavy atom. The zero-order valence-corrected chi connectivity index (χ0v) is 15.9. The highest BCUT2D eigenvalue weighted by atomic mass is 16.7. The van der Waals surface area contributed by atoms with Crippen LogP contribution in [0, 0.1) is 0 Å². The number of carbonyl (C=O) groups is 2. The van der Waals surface area contributed by atoms with Gasteiger partial charge in [-0.1, -0.05) is 34.6 Å². The Morgan fingerprint density at radius 3 is 2.54 bits per heavy atom. The Labute approximate surface area is 161 Å². The van der Waals surface area contributed by atoms with E-state index in [4.69, 9.17) is 9.68 Å². The normalized spacial score (nSPS) is 15.2. The highest BCUT2D eigenvalue weighted by Crippen LogP contribution is 2.35. The first-order valence-electron chi connectivity index (χ1n) is 8.98. The van der Waals surface area contributed by atoms with E-state index in [0.717, 1.165) is 45.2 Å². The lowest BCUT2D eigenvalue weighted by molar-refractivity contribution is -0.141. The Morgan fingerprint density at radius 1 is 1.00 bits per heavy atom. The first-order valence-corrected chi connectivity index (χ1v) is 8.98. The van der Waals surface area contributed by atoms with Crippen molar-refractivity contribution in [1.29, 1.82) is 0 Å². The van der Waals surface area contributed by atoms with Gasteiger partial charge in [-0.2, -0.15) is 0 Å². The van der Waals surface area contributed by atoms with Gasteiger partial charge in [0.1, 0.15) is 0 Å². The van der Waals surface area contributed by atoms with Gasteiger partial charge in [0.15, 0.2) is 0 Å². The second kappa shape index (κ2) is 6.92. The van der Waals surface area contributed by atoms with E-state index >= 15 is 0 Å². The molecule has 4 rings (SSSR count). The van der Waals surface area contributed by atoms with Crippen molar-refractivity contribution in [3.05, 3.63) is 47.5 Å². The van der Waals surface area contributed by atoms with Crippen molar-refractivity contribution < 1.29 is 19.3 Å². The van der Waals surface area contributed by atoms with Crippen LogP contribution in [0.3, 0.4) is 0 Å². The number of rotatable bonds is 3. The molecule has 0 spiro atoms. The summed E-state index contributed by atoms with van der Waals surface area (Å²) in [6, 6.07) is 12.1. The molecule has 0 fully saturated rings. The summed E-state index contributed by atoms with van der Waals surface area (Å²) in [6.45, 7) is 5.21. The van der Waals surface area contributed by atoms with Crippen LogP contribution < -0.4 is 0 Å². The first-order chi connectivity index (χ1) is 13.5. The van der Waals surface area contributed by atoms with Crippen molar-refractivity contribution in [2.45, 2.75) is 33.7 Å². The molecule has 7 nitrogen and oxygen atoms in total. The number of benzene rings is 2. The summed E-state index contributed by atoms with van der Waals surface area (Å²) >= 11 is 0. The van der Waals surface area contributed by atoms with Gasteiger partial charge in [-0.05, 0) is 24.6 Å². The minimum absolute atomic E-state index is 0.432. The molecule has 1 aliphatic heterocycles. The molecule has 2 heterocycles. The first kappa shape index (κ1) is 17.9. The lowest BCUT2D eigenvalue weighted by Gasteiger charge is -2.17. The summed E-state index contributed by atoms with van der Waals surface area (Å²) in [5.41, 5.74) is 5.42. The maximum absolute atomic E-state index is 11.1. The fourth-order valence-electron chi connectivity index (χ4n) is 3.60. The van der Waals surface area contributed by atoms with Crippen LogP contribution in [0.15, 0.2) is 46.7 Å². The number of hydrogen-bond donors (Lipinski definition) is 0. The predicted octanol–water partition coefficient (Wildman–Crippen LogP) is 3.75. The minimum atomic E-state index is -0.452. The molecule has 1 aromatic heterocycles. The van der Waals surface area contributed by atoms with E-state index in [2.05, 4.69) is 33.1 Å². The fraction of sp³-hybridized carbons (Fsp3) is 0.238. The molecule has 0 bridgehead atoms. The zero-order valence-electron chi connectivity index (χ0n) is 15.9. The highest BCUT2D eigenvalue weighted by molar-refractivity contribution is 6.19. The van der Waals surface area contributed by atoms with Crippen molar-refractivity contribution in [3.63, 3.8) is 0 Å². The average Bonchev–Trinajstić information content (AvgIpc) is 3.00. The molecule has 2 aromatic carbocycles. The van der Waals surface area contributed by atoms with E-state index in [0.29, 0.717) is 12.1 Å². The summed E-state index contributed by atoms with van der Waals surface area (Å²) in [6.07, 6.45) is 0.678. The molecule has 0 atom stereocenters. The van der Waals surface area contributed by atoms with Crippen molar-refractivity contribution in [1.82, 2.24) is 4.57 Å². The lowest BCUT2D eigenvalue weighted by atomic mass is 10.0. The summed E-state index contributed by atoms with van der Waals surface area (Å²) in [5, 5.41) is 10.1. The molecule has 28 heavy (non-hydrogen) atoms. The number of oxime groups is 2. The standard InChI is InChI=1S/C21H19N3O4/c1-12(22-27-13(2)25)15-7-8-20-18(11-15)16-5-4-6-17-19(23-28-14(3)26)9-10-24(20)21(16)17/h4-8,11H,9-10H2,1-3H3/b22-12+,23-19+. The van der Waals surface area contributed by atoms with Gasteiger partial charge in [0.2, 0.25) is 0 Å². The van der Waals surface area contributed by atoms with E-state index in [9.17, 15) is 9.59 Å². The molecule has 0 N–H and O–H groups in total. The van der Waals surface area contributed by atoms with Gasteiger partial charge in [0.25, 0.3) is 0 Å². The highest BCUT2D eigenvalue weighted by Gasteiger charge is 2.22. The van der Waals surface area contributed by atoms with Gasteiger partial charge < -0.3 is 14.2 Å². The minimum Gasteiger partial charge on any atom is -0.340 e. The topological polar surface area (TPSA) is 82.2 Å². The van der Waals surface area contributed by atoms with Crippen LogP contribution in [-0.4, -0.2) is 27.9 Å². The number of nitrogens with zero attached hydrogens (tertiary/aromatic N) is 3.